The molecule has 2 aromatic carbocycles. The van der Waals surface area contributed by atoms with Crippen LogP contribution in [-0.2, 0) is 16.6 Å². The largest absolute Gasteiger partial charge is 0.243 e. The molecule has 0 atom stereocenters. The molecule has 0 aromatic heterocycles. The predicted molar refractivity (Wildman–Crippen MR) is 85.7 cm³/mol. The average Bonchev–Trinajstić information content (AvgIpc) is 2.52. The number of halogens is 1. The first-order valence-electron chi connectivity index (χ1n) is 6.70. The molecule has 0 spiro atoms. The zero-order chi connectivity index (χ0) is 16.0. The average molecular weight is 335 g/mol. The maximum absolute atomic E-state index is 12.7. The fraction of sp³-hybridized carbons (Fsp3) is 0.188. The summed E-state index contributed by atoms with van der Waals surface area (Å²) in [6.45, 7) is 0.379. The summed E-state index contributed by atoms with van der Waals surface area (Å²) in [4.78, 5) is 0.172. The van der Waals surface area contributed by atoms with Crippen molar-refractivity contribution in [2.24, 2.45) is 0 Å². The van der Waals surface area contributed by atoms with Gasteiger partial charge in [-0.05, 0) is 29.8 Å². The highest BCUT2D eigenvalue weighted by Gasteiger charge is 2.24. The van der Waals surface area contributed by atoms with Crippen LogP contribution in [0.4, 0.5) is 0 Å². The SMILES string of the molecule is N#CCCN(Cc1ccccc1)S(=O)(=O)c1ccc(Cl)cc1. The Morgan fingerprint density at radius 2 is 1.68 bits per heavy atom. The summed E-state index contributed by atoms with van der Waals surface area (Å²) in [5.74, 6) is 0. The van der Waals surface area contributed by atoms with Gasteiger partial charge in [-0.1, -0.05) is 41.9 Å². The van der Waals surface area contributed by atoms with E-state index in [2.05, 4.69) is 0 Å². The number of sulfonamides is 1. The van der Waals surface area contributed by atoms with Gasteiger partial charge in [0.1, 0.15) is 0 Å². The Labute approximate surface area is 135 Å². The zero-order valence-corrected chi connectivity index (χ0v) is 13.4. The van der Waals surface area contributed by atoms with Gasteiger partial charge in [-0.15, -0.1) is 0 Å². The smallest absolute Gasteiger partial charge is 0.207 e. The topological polar surface area (TPSA) is 61.2 Å². The van der Waals surface area contributed by atoms with Crippen molar-refractivity contribution in [3.05, 3.63) is 65.2 Å². The minimum Gasteiger partial charge on any atom is -0.207 e. The second-order valence-electron chi connectivity index (χ2n) is 4.69. The highest BCUT2D eigenvalue weighted by Crippen LogP contribution is 2.20. The number of hydrogen-bond donors (Lipinski definition) is 0. The van der Waals surface area contributed by atoms with Crippen molar-refractivity contribution >= 4 is 21.6 Å². The Balaban J connectivity index is 2.31. The van der Waals surface area contributed by atoms with Gasteiger partial charge in [-0.25, -0.2) is 8.42 Å². The quantitative estimate of drug-likeness (QED) is 0.813. The van der Waals surface area contributed by atoms with Gasteiger partial charge in [0.25, 0.3) is 0 Å². The van der Waals surface area contributed by atoms with Crippen molar-refractivity contribution < 1.29 is 8.42 Å². The number of nitriles is 1. The van der Waals surface area contributed by atoms with Gasteiger partial charge >= 0.3 is 0 Å². The molecular weight excluding hydrogens is 320 g/mol. The van der Waals surface area contributed by atoms with Crippen molar-refractivity contribution in [3.63, 3.8) is 0 Å². The van der Waals surface area contributed by atoms with Gasteiger partial charge in [0.05, 0.1) is 11.0 Å². The molecule has 0 saturated carbocycles. The Hall–Kier alpha value is -1.87. The van der Waals surface area contributed by atoms with Gasteiger partial charge in [-0.3, -0.25) is 0 Å². The molecule has 22 heavy (non-hydrogen) atoms. The Kier molecular flexibility index (Phi) is 5.56. The van der Waals surface area contributed by atoms with Crippen molar-refractivity contribution in [2.45, 2.75) is 17.9 Å². The minimum atomic E-state index is -3.66. The lowest BCUT2D eigenvalue weighted by Gasteiger charge is -2.21. The summed E-state index contributed by atoms with van der Waals surface area (Å²) in [5.41, 5.74) is 0.873. The minimum absolute atomic E-state index is 0.139. The molecule has 0 aliphatic heterocycles. The van der Waals surface area contributed by atoms with E-state index in [1.165, 1.54) is 16.4 Å². The van der Waals surface area contributed by atoms with Gasteiger partial charge in [0, 0.05) is 24.5 Å². The second-order valence-corrected chi connectivity index (χ2v) is 7.06. The Bertz CT molecular complexity index is 753. The Morgan fingerprint density at radius 1 is 1.05 bits per heavy atom. The summed E-state index contributed by atoms with van der Waals surface area (Å²) in [5, 5.41) is 9.24. The zero-order valence-electron chi connectivity index (χ0n) is 11.8. The van der Waals surface area contributed by atoms with Crippen LogP contribution < -0.4 is 0 Å². The van der Waals surface area contributed by atoms with Crippen molar-refractivity contribution in [1.82, 2.24) is 4.31 Å². The lowest BCUT2D eigenvalue weighted by molar-refractivity contribution is 0.413. The molecule has 0 aliphatic rings. The molecular formula is C16H15ClN2O2S. The summed E-state index contributed by atoms with van der Waals surface area (Å²) in [6, 6.07) is 17.3. The molecule has 114 valence electrons. The van der Waals surface area contributed by atoms with Crippen molar-refractivity contribution in [1.29, 1.82) is 5.26 Å². The van der Waals surface area contributed by atoms with Crippen LogP contribution in [0.5, 0.6) is 0 Å². The number of hydrogen-bond acceptors (Lipinski definition) is 3. The summed E-state index contributed by atoms with van der Waals surface area (Å²) >= 11 is 5.80. The van der Waals surface area contributed by atoms with Gasteiger partial charge < -0.3 is 0 Å². The molecule has 0 radical (unpaired) electrons. The second kappa shape index (κ2) is 7.41. The third kappa shape index (κ3) is 4.08. The van der Waals surface area contributed by atoms with E-state index >= 15 is 0 Å². The molecule has 0 N–H and O–H groups in total. The molecule has 2 aromatic rings. The van der Waals surface area contributed by atoms with Crippen LogP contribution in [0.2, 0.25) is 5.02 Å². The van der Waals surface area contributed by atoms with E-state index in [1.54, 1.807) is 12.1 Å². The van der Waals surface area contributed by atoms with Crippen LogP contribution in [0.15, 0.2) is 59.5 Å². The maximum atomic E-state index is 12.7. The molecule has 0 bridgehead atoms. The number of rotatable bonds is 6. The highest BCUT2D eigenvalue weighted by atomic mass is 35.5. The lowest BCUT2D eigenvalue weighted by atomic mass is 10.2. The lowest BCUT2D eigenvalue weighted by Crippen LogP contribution is -2.31. The van der Waals surface area contributed by atoms with Crippen LogP contribution in [0, 0.1) is 11.3 Å². The fourth-order valence-electron chi connectivity index (χ4n) is 2.00. The van der Waals surface area contributed by atoms with Crippen LogP contribution in [0.3, 0.4) is 0 Å². The molecule has 6 heteroatoms. The first kappa shape index (κ1) is 16.5. The molecule has 0 amide bonds. The van der Waals surface area contributed by atoms with Crippen molar-refractivity contribution in [2.75, 3.05) is 6.54 Å². The van der Waals surface area contributed by atoms with Crippen LogP contribution in [0.25, 0.3) is 0 Å². The van der Waals surface area contributed by atoms with E-state index in [0.717, 1.165) is 5.56 Å². The molecule has 0 aliphatic carbocycles. The molecule has 2 rings (SSSR count). The van der Waals surface area contributed by atoms with E-state index in [-0.39, 0.29) is 24.4 Å². The van der Waals surface area contributed by atoms with Gasteiger partial charge in [0.15, 0.2) is 0 Å². The van der Waals surface area contributed by atoms with E-state index in [9.17, 15) is 8.42 Å². The van der Waals surface area contributed by atoms with E-state index in [0.29, 0.717) is 5.02 Å². The third-order valence-electron chi connectivity index (χ3n) is 3.13. The highest BCUT2D eigenvalue weighted by molar-refractivity contribution is 7.89. The van der Waals surface area contributed by atoms with Gasteiger partial charge in [0.2, 0.25) is 10.0 Å². The fourth-order valence-corrected chi connectivity index (χ4v) is 3.56. The maximum Gasteiger partial charge on any atom is 0.243 e. The van der Waals surface area contributed by atoms with Crippen LogP contribution >= 0.6 is 11.6 Å². The molecule has 0 saturated heterocycles. The summed E-state index contributed by atoms with van der Waals surface area (Å²) in [6.07, 6.45) is 0.139. The van der Waals surface area contributed by atoms with Crippen LogP contribution in [-0.4, -0.2) is 19.3 Å². The Morgan fingerprint density at radius 3 is 2.27 bits per heavy atom. The molecule has 0 heterocycles. The predicted octanol–water partition coefficient (Wildman–Crippen LogP) is 3.44. The van der Waals surface area contributed by atoms with E-state index < -0.39 is 10.0 Å². The van der Waals surface area contributed by atoms with E-state index in [1.807, 2.05) is 36.4 Å². The molecule has 0 fully saturated rings. The van der Waals surface area contributed by atoms with Crippen LogP contribution in [0.1, 0.15) is 12.0 Å². The van der Waals surface area contributed by atoms with Crippen molar-refractivity contribution in [3.8, 4) is 6.07 Å². The van der Waals surface area contributed by atoms with Gasteiger partial charge in [-0.2, -0.15) is 9.57 Å². The number of benzene rings is 2. The normalized spacial score (nSPS) is 11.3. The third-order valence-corrected chi connectivity index (χ3v) is 5.24. The first-order valence-corrected chi connectivity index (χ1v) is 8.52. The summed E-state index contributed by atoms with van der Waals surface area (Å²) in [7, 11) is -3.66. The first-order chi connectivity index (χ1) is 10.5. The summed E-state index contributed by atoms with van der Waals surface area (Å²) < 4.78 is 26.8. The monoisotopic (exact) mass is 334 g/mol. The molecule has 0 unspecified atom stereocenters. The molecule has 4 nitrogen and oxygen atoms in total. The van der Waals surface area contributed by atoms with E-state index in [4.69, 9.17) is 16.9 Å². The number of nitrogens with zero attached hydrogens (tertiary/aromatic N) is 2. The standard InChI is InChI=1S/C16H15ClN2O2S/c17-15-7-9-16(10-8-15)22(20,21)19(12-4-11-18)13-14-5-2-1-3-6-14/h1-3,5-10H,4,12-13H2.